The minimum absolute atomic E-state index is 0.0911. The fourth-order valence-electron chi connectivity index (χ4n) is 1.53. The first-order valence-electron chi connectivity index (χ1n) is 4.98. The molecule has 0 spiro atoms. The molecule has 3 nitrogen and oxygen atoms in total. The standard InChI is InChI=1S/C13H11NO2/c15-13(16)12-9-11(6-7-14-12)8-10-4-2-1-3-5-10/h1-7,9H,8H2,(H,15,16). The number of pyridine rings is 1. The Kier molecular flexibility index (Phi) is 2.96. The van der Waals surface area contributed by atoms with Gasteiger partial charge in [-0.15, -0.1) is 0 Å². The summed E-state index contributed by atoms with van der Waals surface area (Å²) in [6.07, 6.45) is 2.26. The highest BCUT2D eigenvalue weighted by atomic mass is 16.4. The van der Waals surface area contributed by atoms with E-state index in [1.165, 1.54) is 6.20 Å². The van der Waals surface area contributed by atoms with Gasteiger partial charge in [0, 0.05) is 6.20 Å². The van der Waals surface area contributed by atoms with Crippen LogP contribution in [0.5, 0.6) is 0 Å². The molecule has 0 aliphatic heterocycles. The van der Waals surface area contributed by atoms with Crippen LogP contribution in [-0.2, 0) is 6.42 Å². The molecular weight excluding hydrogens is 202 g/mol. The van der Waals surface area contributed by atoms with Crippen LogP contribution in [0.1, 0.15) is 21.6 Å². The summed E-state index contributed by atoms with van der Waals surface area (Å²) < 4.78 is 0. The Morgan fingerprint density at radius 1 is 1.12 bits per heavy atom. The Bertz CT molecular complexity index is 494. The van der Waals surface area contributed by atoms with Crippen LogP contribution in [0.15, 0.2) is 48.7 Å². The van der Waals surface area contributed by atoms with E-state index < -0.39 is 5.97 Å². The van der Waals surface area contributed by atoms with Crippen molar-refractivity contribution in [2.24, 2.45) is 0 Å². The van der Waals surface area contributed by atoms with E-state index in [0.717, 1.165) is 17.5 Å². The third-order valence-electron chi connectivity index (χ3n) is 2.29. The lowest BCUT2D eigenvalue weighted by atomic mass is 10.1. The normalized spacial score (nSPS) is 10.0. The van der Waals surface area contributed by atoms with Crippen molar-refractivity contribution < 1.29 is 9.90 Å². The molecule has 0 bridgehead atoms. The van der Waals surface area contributed by atoms with E-state index in [1.807, 2.05) is 36.4 Å². The fourth-order valence-corrected chi connectivity index (χ4v) is 1.53. The Morgan fingerprint density at radius 3 is 2.56 bits per heavy atom. The van der Waals surface area contributed by atoms with Crippen LogP contribution in [0.2, 0.25) is 0 Å². The number of rotatable bonds is 3. The van der Waals surface area contributed by atoms with E-state index in [9.17, 15) is 4.79 Å². The Hall–Kier alpha value is -2.16. The van der Waals surface area contributed by atoms with Gasteiger partial charge in [0.25, 0.3) is 0 Å². The molecule has 1 N–H and O–H groups in total. The highest BCUT2D eigenvalue weighted by molar-refractivity contribution is 5.85. The first-order valence-corrected chi connectivity index (χ1v) is 4.98. The predicted octanol–water partition coefficient (Wildman–Crippen LogP) is 2.37. The van der Waals surface area contributed by atoms with Gasteiger partial charge in [0.2, 0.25) is 0 Å². The number of aromatic carboxylic acids is 1. The molecule has 3 heteroatoms. The first kappa shape index (κ1) is 10.4. The van der Waals surface area contributed by atoms with Gasteiger partial charge in [0.1, 0.15) is 5.69 Å². The van der Waals surface area contributed by atoms with Crippen LogP contribution in [0.25, 0.3) is 0 Å². The number of aromatic nitrogens is 1. The summed E-state index contributed by atoms with van der Waals surface area (Å²) in [5.74, 6) is -0.991. The molecule has 0 saturated carbocycles. The summed E-state index contributed by atoms with van der Waals surface area (Å²) in [7, 11) is 0. The molecule has 0 unspecified atom stereocenters. The molecule has 0 saturated heterocycles. The molecule has 0 atom stereocenters. The minimum Gasteiger partial charge on any atom is -0.477 e. The molecule has 2 rings (SSSR count). The molecule has 1 aromatic heterocycles. The smallest absolute Gasteiger partial charge is 0.354 e. The Labute approximate surface area is 93.4 Å². The summed E-state index contributed by atoms with van der Waals surface area (Å²) in [4.78, 5) is 14.5. The maximum atomic E-state index is 10.7. The second-order valence-corrected chi connectivity index (χ2v) is 3.52. The number of carboxylic acids is 1. The highest BCUT2D eigenvalue weighted by Crippen LogP contribution is 2.09. The molecule has 1 heterocycles. The molecule has 80 valence electrons. The van der Waals surface area contributed by atoms with Crippen molar-refractivity contribution in [3.8, 4) is 0 Å². The molecule has 16 heavy (non-hydrogen) atoms. The maximum absolute atomic E-state index is 10.7. The maximum Gasteiger partial charge on any atom is 0.354 e. The summed E-state index contributed by atoms with van der Waals surface area (Å²) in [6, 6.07) is 13.4. The lowest BCUT2D eigenvalue weighted by molar-refractivity contribution is 0.0690. The second kappa shape index (κ2) is 4.57. The molecule has 0 radical (unpaired) electrons. The largest absolute Gasteiger partial charge is 0.477 e. The van der Waals surface area contributed by atoms with Crippen LogP contribution in [0.4, 0.5) is 0 Å². The van der Waals surface area contributed by atoms with Gasteiger partial charge in [0.05, 0.1) is 0 Å². The van der Waals surface area contributed by atoms with E-state index in [4.69, 9.17) is 5.11 Å². The average molecular weight is 213 g/mol. The van der Waals surface area contributed by atoms with Crippen molar-refractivity contribution in [3.05, 3.63) is 65.5 Å². The summed E-state index contributed by atoms with van der Waals surface area (Å²) >= 11 is 0. The summed E-state index contributed by atoms with van der Waals surface area (Å²) in [6.45, 7) is 0. The molecular formula is C13H11NO2. The van der Waals surface area contributed by atoms with E-state index >= 15 is 0 Å². The van der Waals surface area contributed by atoms with Gasteiger partial charge < -0.3 is 5.11 Å². The van der Waals surface area contributed by atoms with Crippen molar-refractivity contribution in [2.75, 3.05) is 0 Å². The number of benzene rings is 1. The molecule has 2 aromatic rings. The number of hydrogen-bond acceptors (Lipinski definition) is 2. The van der Waals surface area contributed by atoms with Crippen molar-refractivity contribution in [1.29, 1.82) is 0 Å². The molecule has 0 aliphatic rings. The highest BCUT2D eigenvalue weighted by Gasteiger charge is 2.04. The quantitative estimate of drug-likeness (QED) is 0.851. The first-order chi connectivity index (χ1) is 7.75. The van der Waals surface area contributed by atoms with Crippen molar-refractivity contribution in [1.82, 2.24) is 4.98 Å². The molecule has 0 amide bonds. The van der Waals surface area contributed by atoms with Gasteiger partial charge in [-0.25, -0.2) is 9.78 Å². The zero-order valence-corrected chi connectivity index (χ0v) is 8.63. The van der Waals surface area contributed by atoms with E-state index in [1.54, 1.807) is 6.07 Å². The Morgan fingerprint density at radius 2 is 1.88 bits per heavy atom. The van der Waals surface area contributed by atoms with Crippen LogP contribution in [-0.4, -0.2) is 16.1 Å². The monoisotopic (exact) mass is 213 g/mol. The summed E-state index contributed by atoms with van der Waals surface area (Å²) in [5.41, 5.74) is 2.21. The average Bonchev–Trinajstić information content (AvgIpc) is 2.30. The second-order valence-electron chi connectivity index (χ2n) is 3.52. The Balaban J connectivity index is 2.22. The van der Waals surface area contributed by atoms with E-state index in [-0.39, 0.29) is 5.69 Å². The van der Waals surface area contributed by atoms with Crippen molar-refractivity contribution in [3.63, 3.8) is 0 Å². The van der Waals surface area contributed by atoms with Gasteiger partial charge in [-0.05, 0) is 29.7 Å². The molecule has 1 aromatic carbocycles. The number of hydrogen-bond donors (Lipinski definition) is 1. The molecule has 0 fully saturated rings. The van der Waals surface area contributed by atoms with Crippen molar-refractivity contribution in [2.45, 2.75) is 6.42 Å². The predicted molar refractivity (Wildman–Crippen MR) is 60.4 cm³/mol. The van der Waals surface area contributed by atoms with E-state index in [2.05, 4.69) is 4.98 Å². The zero-order chi connectivity index (χ0) is 11.4. The number of carbonyl (C=O) groups is 1. The lowest BCUT2D eigenvalue weighted by Crippen LogP contribution is -2.01. The van der Waals surface area contributed by atoms with Crippen LogP contribution >= 0.6 is 0 Å². The van der Waals surface area contributed by atoms with E-state index in [0.29, 0.717) is 0 Å². The summed E-state index contributed by atoms with van der Waals surface area (Å²) in [5, 5.41) is 8.81. The SMILES string of the molecule is O=C(O)c1cc(Cc2ccccc2)ccn1. The van der Waals surface area contributed by atoms with Gasteiger partial charge in [0.15, 0.2) is 0 Å². The minimum atomic E-state index is -0.991. The van der Waals surface area contributed by atoms with Gasteiger partial charge >= 0.3 is 5.97 Å². The van der Waals surface area contributed by atoms with Gasteiger partial charge in [-0.2, -0.15) is 0 Å². The fraction of sp³-hybridized carbons (Fsp3) is 0.0769. The van der Waals surface area contributed by atoms with Gasteiger partial charge in [-0.3, -0.25) is 0 Å². The third kappa shape index (κ3) is 2.45. The molecule has 0 aliphatic carbocycles. The topological polar surface area (TPSA) is 50.2 Å². The van der Waals surface area contributed by atoms with Crippen LogP contribution in [0, 0.1) is 0 Å². The third-order valence-corrected chi connectivity index (χ3v) is 2.29. The lowest BCUT2D eigenvalue weighted by Gasteiger charge is -2.02. The number of carboxylic acid groups (broad SMARTS) is 1. The number of nitrogens with zero attached hydrogens (tertiary/aromatic N) is 1. The van der Waals surface area contributed by atoms with Crippen LogP contribution in [0.3, 0.4) is 0 Å². The van der Waals surface area contributed by atoms with Gasteiger partial charge in [-0.1, -0.05) is 30.3 Å². The zero-order valence-electron chi connectivity index (χ0n) is 8.63. The van der Waals surface area contributed by atoms with Crippen LogP contribution < -0.4 is 0 Å². The van der Waals surface area contributed by atoms with Crippen molar-refractivity contribution >= 4 is 5.97 Å².